The molecule has 0 fully saturated rings. The molecule has 0 aliphatic rings. The highest BCUT2D eigenvalue weighted by molar-refractivity contribution is 7.46. The quantitative estimate of drug-likeness (QED) is 0.0332. The Bertz CT molecular complexity index is 818. The molecule has 0 heterocycles. The molecule has 0 aromatic carbocycles. The largest absolute Gasteiger partial charge is 0.469 e. The number of allylic oxidation sites excluding steroid dienone is 6. The third-order valence-electron chi connectivity index (χ3n) is 7.13. The minimum absolute atomic E-state index is 0.194. The van der Waals surface area contributed by atoms with E-state index < -0.39 is 32.5 Å². The minimum atomic E-state index is -4.75. The third kappa shape index (κ3) is 33.2. The normalized spacial score (nSPS) is 12.9. The lowest BCUT2D eigenvalue weighted by molar-refractivity contribution is -0.161. The zero-order chi connectivity index (χ0) is 32.6. The second-order valence-corrected chi connectivity index (χ2v) is 12.7. The highest BCUT2D eigenvalue weighted by Gasteiger charge is 2.22. The van der Waals surface area contributed by atoms with Gasteiger partial charge in [-0.15, -0.1) is 0 Å². The van der Waals surface area contributed by atoms with Gasteiger partial charge in [0.05, 0.1) is 6.61 Å². The van der Waals surface area contributed by atoms with Crippen molar-refractivity contribution in [2.45, 2.75) is 161 Å². The monoisotopic (exact) mass is 642 g/mol. The minimum Gasteiger partial charge on any atom is -0.462 e. The SMILES string of the molecule is CCCC/C=C\C/C=C\CCCCCCCC(=O)O[C@H](COC(=O)CCCCCCC/C=C\CCCCC)COP(=O)(O)O. The van der Waals surface area contributed by atoms with Crippen LogP contribution in [0.25, 0.3) is 0 Å². The molecule has 256 valence electrons. The number of phosphoric ester groups is 1. The molecule has 0 amide bonds. The van der Waals surface area contributed by atoms with Gasteiger partial charge in [-0.25, -0.2) is 4.57 Å². The first-order chi connectivity index (χ1) is 21.3. The van der Waals surface area contributed by atoms with Crippen LogP contribution in [-0.4, -0.2) is 41.0 Å². The highest BCUT2D eigenvalue weighted by atomic mass is 31.2. The zero-order valence-corrected chi connectivity index (χ0v) is 28.7. The lowest BCUT2D eigenvalue weighted by Crippen LogP contribution is -2.29. The number of esters is 2. The Labute approximate surface area is 268 Å². The molecule has 0 aliphatic heterocycles. The molecule has 1 atom stereocenters. The molecular weight excluding hydrogens is 579 g/mol. The van der Waals surface area contributed by atoms with Crippen molar-refractivity contribution in [2.75, 3.05) is 13.2 Å². The van der Waals surface area contributed by atoms with E-state index in [1.165, 1.54) is 32.1 Å². The second kappa shape index (κ2) is 31.3. The van der Waals surface area contributed by atoms with Gasteiger partial charge in [-0.05, 0) is 64.2 Å². The smallest absolute Gasteiger partial charge is 0.462 e. The first-order valence-corrected chi connectivity index (χ1v) is 18.8. The second-order valence-electron chi connectivity index (χ2n) is 11.5. The molecule has 0 spiro atoms. The maximum atomic E-state index is 12.3. The van der Waals surface area contributed by atoms with Crippen LogP contribution in [0.3, 0.4) is 0 Å². The molecule has 0 saturated carbocycles. The van der Waals surface area contributed by atoms with Gasteiger partial charge in [0.1, 0.15) is 6.61 Å². The number of ether oxygens (including phenoxy) is 2. The average molecular weight is 643 g/mol. The van der Waals surface area contributed by atoms with Crippen LogP contribution in [0.15, 0.2) is 36.5 Å². The number of carbonyl (C=O) groups is 2. The summed E-state index contributed by atoms with van der Waals surface area (Å²) < 4.78 is 26.2. The molecule has 0 aromatic rings. The van der Waals surface area contributed by atoms with Gasteiger partial charge in [-0.2, -0.15) is 0 Å². The van der Waals surface area contributed by atoms with Gasteiger partial charge >= 0.3 is 19.8 Å². The molecular formula is C35H63O8P. The standard InChI is InChI=1S/C35H63O8P/c1-3-5-7-9-11-13-15-17-18-20-22-24-26-28-30-35(37)43-33(32-42-44(38,39)40)31-41-34(36)29-27-25-23-21-19-16-14-12-10-8-6-4-2/h9,11-12,14-15,17,33H,3-8,10,13,16,18-32H2,1-2H3,(H2,38,39,40)/b11-9-,14-12-,17-15-/t33-/m1/s1. The number of hydrogen-bond acceptors (Lipinski definition) is 6. The van der Waals surface area contributed by atoms with E-state index in [4.69, 9.17) is 19.3 Å². The lowest BCUT2D eigenvalue weighted by Gasteiger charge is -2.18. The van der Waals surface area contributed by atoms with Crippen LogP contribution in [-0.2, 0) is 28.2 Å². The Hall–Kier alpha value is -1.73. The molecule has 0 aromatic heterocycles. The number of phosphoric acid groups is 1. The Balaban J connectivity index is 4.05. The molecule has 0 unspecified atom stereocenters. The lowest BCUT2D eigenvalue weighted by atomic mass is 10.1. The Morgan fingerprint density at radius 2 is 1.05 bits per heavy atom. The highest BCUT2D eigenvalue weighted by Crippen LogP contribution is 2.35. The summed E-state index contributed by atoms with van der Waals surface area (Å²) in [6.07, 6.45) is 34.3. The molecule has 44 heavy (non-hydrogen) atoms. The van der Waals surface area contributed by atoms with Crippen LogP contribution >= 0.6 is 7.82 Å². The Morgan fingerprint density at radius 3 is 1.59 bits per heavy atom. The van der Waals surface area contributed by atoms with Gasteiger partial charge in [0.2, 0.25) is 0 Å². The van der Waals surface area contributed by atoms with Crippen LogP contribution in [0.4, 0.5) is 0 Å². The van der Waals surface area contributed by atoms with E-state index in [0.717, 1.165) is 83.5 Å². The van der Waals surface area contributed by atoms with E-state index in [2.05, 4.69) is 54.8 Å². The molecule has 0 radical (unpaired) electrons. The van der Waals surface area contributed by atoms with E-state index in [1.54, 1.807) is 0 Å². The van der Waals surface area contributed by atoms with Crippen LogP contribution in [0, 0.1) is 0 Å². The van der Waals surface area contributed by atoms with Gasteiger partial charge in [0, 0.05) is 12.8 Å². The van der Waals surface area contributed by atoms with Crippen molar-refractivity contribution in [3.8, 4) is 0 Å². The average Bonchev–Trinajstić information content (AvgIpc) is 2.98. The van der Waals surface area contributed by atoms with E-state index in [-0.39, 0.29) is 19.4 Å². The summed E-state index contributed by atoms with van der Waals surface area (Å²) in [6, 6.07) is 0. The summed E-state index contributed by atoms with van der Waals surface area (Å²) >= 11 is 0. The van der Waals surface area contributed by atoms with Crippen LogP contribution < -0.4 is 0 Å². The van der Waals surface area contributed by atoms with Crippen molar-refractivity contribution in [1.82, 2.24) is 0 Å². The molecule has 0 saturated heterocycles. The number of hydrogen-bond donors (Lipinski definition) is 2. The fourth-order valence-electron chi connectivity index (χ4n) is 4.50. The van der Waals surface area contributed by atoms with E-state index in [1.807, 2.05) is 0 Å². The van der Waals surface area contributed by atoms with Crippen molar-refractivity contribution in [1.29, 1.82) is 0 Å². The van der Waals surface area contributed by atoms with E-state index >= 15 is 0 Å². The Kier molecular flexibility index (Phi) is 30.0. The van der Waals surface area contributed by atoms with Gasteiger partial charge in [-0.1, -0.05) is 115 Å². The summed E-state index contributed by atoms with van der Waals surface area (Å²) in [6.45, 7) is 3.57. The molecule has 0 rings (SSSR count). The Morgan fingerprint density at radius 1 is 0.591 bits per heavy atom. The fraction of sp³-hybridized carbons (Fsp3) is 0.771. The summed E-state index contributed by atoms with van der Waals surface area (Å²) in [5.74, 6) is -0.915. The fourth-order valence-corrected chi connectivity index (χ4v) is 4.86. The number of carbonyl (C=O) groups excluding carboxylic acids is 2. The summed E-state index contributed by atoms with van der Waals surface area (Å²) in [5, 5.41) is 0. The summed E-state index contributed by atoms with van der Waals surface area (Å²) in [7, 11) is -4.75. The van der Waals surface area contributed by atoms with Crippen LogP contribution in [0.1, 0.15) is 155 Å². The van der Waals surface area contributed by atoms with Crippen molar-refractivity contribution in [3.05, 3.63) is 36.5 Å². The molecule has 8 nitrogen and oxygen atoms in total. The van der Waals surface area contributed by atoms with Gasteiger partial charge in [0.15, 0.2) is 6.10 Å². The molecule has 2 N–H and O–H groups in total. The van der Waals surface area contributed by atoms with Crippen LogP contribution in [0.5, 0.6) is 0 Å². The first-order valence-electron chi connectivity index (χ1n) is 17.3. The van der Waals surface area contributed by atoms with Crippen molar-refractivity contribution >= 4 is 19.8 Å². The van der Waals surface area contributed by atoms with Gasteiger partial charge in [-0.3, -0.25) is 14.1 Å². The van der Waals surface area contributed by atoms with Crippen molar-refractivity contribution in [3.63, 3.8) is 0 Å². The van der Waals surface area contributed by atoms with Crippen molar-refractivity contribution < 1.29 is 37.9 Å². The third-order valence-corrected chi connectivity index (χ3v) is 7.62. The maximum Gasteiger partial charge on any atom is 0.469 e. The van der Waals surface area contributed by atoms with Crippen LogP contribution in [0.2, 0.25) is 0 Å². The predicted molar refractivity (Wildman–Crippen MR) is 179 cm³/mol. The molecule has 0 bridgehead atoms. The van der Waals surface area contributed by atoms with Gasteiger partial charge in [0.25, 0.3) is 0 Å². The maximum absolute atomic E-state index is 12.3. The zero-order valence-electron chi connectivity index (χ0n) is 27.8. The summed E-state index contributed by atoms with van der Waals surface area (Å²) in [4.78, 5) is 42.5. The number of unbranched alkanes of at least 4 members (excludes halogenated alkanes) is 15. The molecule has 0 aliphatic carbocycles. The predicted octanol–water partition coefficient (Wildman–Crippen LogP) is 9.84. The van der Waals surface area contributed by atoms with Crippen molar-refractivity contribution in [2.24, 2.45) is 0 Å². The topological polar surface area (TPSA) is 119 Å². The molecule has 9 heteroatoms. The van der Waals surface area contributed by atoms with Gasteiger partial charge < -0.3 is 19.3 Å². The summed E-state index contributed by atoms with van der Waals surface area (Å²) in [5.41, 5.74) is 0. The van der Waals surface area contributed by atoms with E-state index in [0.29, 0.717) is 12.8 Å². The first kappa shape index (κ1) is 42.3. The number of rotatable bonds is 31. The van der Waals surface area contributed by atoms with E-state index in [9.17, 15) is 14.2 Å².